The highest BCUT2D eigenvalue weighted by atomic mass is 16.5. The van der Waals surface area contributed by atoms with Gasteiger partial charge in [-0.1, -0.05) is 12.1 Å². The highest BCUT2D eigenvalue weighted by molar-refractivity contribution is 5.88. The highest BCUT2D eigenvalue weighted by Crippen LogP contribution is 2.33. The predicted octanol–water partition coefficient (Wildman–Crippen LogP) is 2.29. The number of nitrogens with two attached hydrogens (primary N) is 1. The molecule has 0 aliphatic rings. The molecule has 3 N–H and O–H groups in total. The first-order valence-corrected chi connectivity index (χ1v) is 6.26. The molecule has 0 unspecified atom stereocenters. The number of methoxy groups -OCH3 is 1. The number of nitrogen functional groups attached to an aromatic ring is 1. The van der Waals surface area contributed by atoms with Crippen LogP contribution in [0.3, 0.4) is 0 Å². The summed E-state index contributed by atoms with van der Waals surface area (Å²) in [6.07, 6.45) is 1.46. The first kappa shape index (κ1) is 13.0. The van der Waals surface area contributed by atoms with Crippen LogP contribution in [0.25, 0.3) is 16.9 Å². The summed E-state index contributed by atoms with van der Waals surface area (Å²) in [4.78, 5) is 15.5. The summed E-state index contributed by atoms with van der Waals surface area (Å²) in [7, 11) is 1.58. The Morgan fingerprint density at radius 1 is 1.29 bits per heavy atom. The van der Waals surface area contributed by atoms with Gasteiger partial charge in [-0.3, -0.25) is 4.40 Å². The summed E-state index contributed by atoms with van der Waals surface area (Å²) in [5, 5.41) is 9.05. The Morgan fingerprint density at radius 3 is 2.76 bits per heavy atom. The van der Waals surface area contributed by atoms with Gasteiger partial charge in [0.2, 0.25) is 0 Å². The van der Waals surface area contributed by atoms with Crippen LogP contribution < -0.4 is 10.5 Å². The van der Waals surface area contributed by atoms with Crippen LogP contribution >= 0.6 is 0 Å². The van der Waals surface area contributed by atoms with E-state index in [1.807, 2.05) is 24.3 Å². The van der Waals surface area contributed by atoms with Gasteiger partial charge in [-0.2, -0.15) is 0 Å². The first-order valence-electron chi connectivity index (χ1n) is 6.26. The summed E-state index contributed by atoms with van der Waals surface area (Å²) in [6.45, 7) is 0. The fraction of sp³-hybridized carbons (Fsp3) is 0.0667. The molecule has 21 heavy (non-hydrogen) atoms. The summed E-state index contributed by atoms with van der Waals surface area (Å²) in [5.74, 6) is 0.0208. The van der Waals surface area contributed by atoms with Crippen molar-refractivity contribution in [2.24, 2.45) is 0 Å². The van der Waals surface area contributed by atoms with Gasteiger partial charge in [-0.05, 0) is 24.3 Å². The molecule has 0 radical (unpaired) electrons. The fourth-order valence-corrected chi connectivity index (χ4v) is 2.23. The fourth-order valence-electron chi connectivity index (χ4n) is 2.23. The van der Waals surface area contributed by atoms with E-state index in [1.165, 1.54) is 12.3 Å². The van der Waals surface area contributed by atoms with Crippen molar-refractivity contribution >= 4 is 17.4 Å². The number of para-hydroxylation sites is 1. The summed E-state index contributed by atoms with van der Waals surface area (Å²) in [5.41, 5.74) is 8.18. The number of aromatic nitrogens is 2. The van der Waals surface area contributed by atoms with Gasteiger partial charge in [0.25, 0.3) is 0 Å². The molecule has 2 aromatic heterocycles. The number of ether oxygens (including phenoxy) is 1. The molecule has 6 heteroatoms. The average Bonchev–Trinajstić information content (AvgIpc) is 2.83. The number of carboxylic acids is 1. The number of carbonyl (C=O) groups is 1. The molecule has 0 saturated heterocycles. The van der Waals surface area contributed by atoms with E-state index in [0.717, 1.165) is 5.56 Å². The molecular formula is C15H13N3O3. The summed E-state index contributed by atoms with van der Waals surface area (Å²) >= 11 is 0. The van der Waals surface area contributed by atoms with Crippen molar-refractivity contribution in [1.29, 1.82) is 0 Å². The van der Waals surface area contributed by atoms with E-state index in [4.69, 9.17) is 15.6 Å². The lowest BCUT2D eigenvalue weighted by molar-refractivity contribution is 0.0696. The third-order valence-electron chi connectivity index (χ3n) is 3.26. The Bertz CT molecular complexity index is 839. The molecule has 0 atom stereocenters. The summed E-state index contributed by atoms with van der Waals surface area (Å²) in [6, 6.07) is 10.5. The highest BCUT2D eigenvalue weighted by Gasteiger charge is 2.16. The minimum atomic E-state index is -1.01. The lowest BCUT2D eigenvalue weighted by Crippen LogP contribution is -2.00. The van der Waals surface area contributed by atoms with Crippen molar-refractivity contribution in [2.75, 3.05) is 12.8 Å². The smallest absolute Gasteiger partial charge is 0.337 e. The van der Waals surface area contributed by atoms with E-state index in [1.54, 1.807) is 17.6 Å². The number of benzene rings is 1. The molecule has 0 saturated carbocycles. The third-order valence-corrected chi connectivity index (χ3v) is 3.26. The minimum Gasteiger partial charge on any atom is -0.496 e. The van der Waals surface area contributed by atoms with E-state index < -0.39 is 5.97 Å². The van der Waals surface area contributed by atoms with Gasteiger partial charge in [0.15, 0.2) is 0 Å². The van der Waals surface area contributed by atoms with Crippen LogP contribution in [-0.2, 0) is 0 Å². The second-order valence-electron chi connectivity index (χ2n) is 4.50. The topological polar surface area (TPSA) is 89.8 Å². The number of anilines is 1. The molecule has 0 spiro atoms. The maximum absolute atomic E-state index is 11.0. The maximum atomic E-state index is 11.0. The SMILES string of the molecule is COc1ccccc1-c1nc2ccc(C(=O)O)cn2c1N. The zero-order valence-electron chi connectivity index (χ0n) is 11.3. The number of fused-ring (bicyclic) bond motifs is 1. The van der Waals surface area contributed by atoms with Crippen LogP contribution in [0.1, 0.15) is 10.4 Å². The van der Waals surface area contributed by atoms with E-state index >= 15 is 0 Å². The monoisotopic (exact) mass is 283 g/mol. The Labute approximate surface area is 120 Å². The largest absolute Gasteiger partial charge is 0.496 e. The van der Waals surface area contributed by atoms with E-state index in [0.29, 0.717) is 22.9 Å². The van der Waals surface area contributed by atoms with Crippen molar-refractivity contribution in [1.82, 2.24) is 9.38 Å². The van der Waals surface area contributed by atoms with Crippen molar-refractivity contribution < 1.29 is 14.6 Å². The molecule has 3 aromatic rings. The van der Waals surface area contributed by atoms with Gasteiger partial charge < -0.3 is 15.6 Å². The zero-order valence-corrected chi connectivity index (χ0v) is 11.3. The number of aromatic carboxylic acids is 1. The van der Waals surface area contributed by atoms with Crippen molar-refractivity contribution in [3.63, 3.8) is 0 Å². The number of nitrogens with zero attached hydrogens (tertiary/aromatic N) is 2. The molecule has 0 bridgehead atoms. The van der Waals surface area contributed by atoms with Crippen LogP contribution in [-0.4, -0.2) is 27.6 Å². The van der Waals surface area contributed by atoms with Crippen LogP contribution in [0, 0.1) is 0 Å². The molecule has 0 aliphatic carbocycles. The van der Waals surface area contributed by atoms with Crippen LogP contribution in [0.4, 0.5) is 5.82 Å². The number of pyridine rings is 1. The quantitative estimate of drug-likeness (QED) is 0.769. The van der Waals surface area contributed by atoms with Crippen molar-refractivity contribution in [3.8, 4) is 17.0 Å². The van der Waals surface area contributed by atoms with Crippen LogP contribution in [0.15, 0.2) is 42.6 Å². The van der Waals surface area contributed by atoms with E-state index in [-0.39, 0.29) is 5.56 Å². The van der Waals surface area contributed by atoms with Crippen LogP contribution in [0.2, 0.25) is 0 Å². The lowest BCUT2D eigenvalue weighted by Gasteiger charge is -2.06. The Hall–Kier alpha value is -3.02. The number of rotatable bonds is 3. The Morgan fingerprint density at radius 2 is 2.05 bits per heavy atom. The van der Waals surface area contributed by atoms with Gasteiger partial charge in [-0.25, -0.2) is 9.78 Å². The van der Waals surface area contributed by atoms with E-state index in [2.05, 4.69) is 4.98 Å². The van der Waals surface area contributed by atoms with Crippen molar-refractivity contribution in [2.45, 2.75) is 0 Å². The van der Waals surface area contributed by atoms with E-state index in [9.17, 15) is 4.79 Å². The molecule has 0 amide bonds. The molecule has 3 rings (SSSR count). The molecule has 6 nitrogen and oxygen atoms in total. The van der Waals surface area contributed by atoms with Gasteiger partial charge in [0, 0.05) is 11.8 Å². The number of carboxylic acid groups (broad SMARTS) is 1. The Kier molecular flexibility index (Phi) is 2.98. The molecule has 2 heterocycles. The van der Waals surface area contributed by atoms with Gasteiger partial charge in [0.05, 0.1) is 12.7 Å². The maximum Gasteiger partial charge on any atom is 0.337 e. The lowest BCUT2D eigenvalue weighted by atomic mass is 10.1. The van der Waals surface area contributed by atoms with Gasteiger partial charge in [0.1, 0.15) is 22.9 Å². The van der Waals surface area contributed by atoms with Gasteiger partial charge >= 0.3 is 5.97 Å². The normalized spacial score (nSPS) is 10.7. The van der Waals surface area contributed by atoms with Crippen molar-refractivity contribution in [3.05, 3.63) is 48.2 Å². The predicted molar refractivity (Wildman–Crippen MR) is 78.6 cm³/mol. The first-order chi connectivity index (χ1) is 10.1. The molecule has 0 aliphatic heterocycles. The second kappa shape index (κ2) is 4.82. The van der Waals surface area contributed by atoms with Crippen LogP contribution in [0.5, 0.6) is 5.75 Å². The average molecular weight is 283 g/mol. The van der Waals surface area contributed by atoms with Gasteiger partial charge in [-0.15, -0.1) is 0 Å². The molecular weight excluding hydrogens is 270 g/mol. The molecule has 0 fully saturated rings. The number of hydrogen-bond donors (Lipinski definition) is 2. The second-order valence-corrected chi connectivity index (χ2v) is 4.50. The summed E-state index contributed by atoms with van der Waals surface area (Å²) < 4.78 is 6.87. The Balaban J connectivity index is 2.25. The zero-order chi connectivity index (χ0) is 15.0. The molecule has 1 aromatic carbocycles. The minimum absolute atomic E-state index is 0.151. The molecule has 106 valence electrons. The number of hydrogen-bond acceptors (Lipinski definition) is 4. The number of imidazole rings is 1. The standard InChI is InChI=1S/C15H13N3O3/c1-21-11-5-3-2-4-10(11)13-14(16)18-8-9(15(19)20)6-7-12(18)17-13/h2-8H,16H2,1H3,(H,19,20). The third kappa shape index (κ3) is 2.06.